The molecule has 8 heteroatoms. The van der Waals surface area contributed by atoms with E-state index in [0.29, 0.717) is 28.8 Å². The highest BCUT2D eigenvalue weighted by Gasteiger charge is 2.38. The normalized spacial score (nSPS) is 17.4. The van der Waals surface area contributed by atoms with Crippen LogP contribution in [-0.4, -0.2) is 24.4 Å². The Morgan fingerprint density at radius 2 is 1.93 bits per heavy atom. The SMILES string of the molecule is COc1cccc(N2C(=O)CC(c3ccc4c(c3)OCO4)c3sc(=O)n(C)c32)c1. The lowest BCUT2D eigenvalue weighted by atomic mass is 9.90. The summed E-state index contributed by atoms with van der Waals surface area (Å²) in [5.74, 6) is 2.31. The minimum Gasteiger partial charge on any atom is -0.497 e. The van der Waals surface area contributed by atoms with Gasteiger partial charge < -0.3 is 14.2 Å². The van der Waals surface area contributed by atoms with Crippen LogP contribution in [0.15, 0.2) is 47.3 Å². The zero-order valence-electron chi connectivity index (χ0n) is 15.9. The molecule has 0 radical (unpaired) electrons. The zero-order chi connectivity index (χ0) is 20.1. The van der Waals surface area contributed by atoms with E-state index in [-0.39, 0.29) is 29.9 Å². The number of amides is 1. The lowest BCUT2D eigenvalue weighted by Gasteiger charge is -2.32. The molecular weight excluding hydrogens is 392 g/mol. The van der Waals surface area contributed by atoms with Crippen molar-refractivity contribution in [3.05, 3.63) is 62.6 Å². The van der Waals surface area contributed by atoms with E-state index in [4.69, 9.17) is 14.2 Å². The molecule has 0 bridgehead atoms. The highest BCUT2D eigenvalue weighted by molar-refractivity contribution is 7.10. The number of rotatable bonds is 3. The standard InChI is InChI=1S/C21H18N2O5S/c1-22-20-19(29-21(22)25)15(12-6-7-16-17(8-12)28-11-27-16)10-18(24)23(20)13-4-3-5-14(9-13)26-2/h3-9,15H,10-11H2,1-2H3. The monoisotopic (exact) mass is 410 g/mol. The smallest absolute Gasteiger partial charge is 0.308 e. The van der Waals surface area contributed by atoms with Crippen molar-refractivity contribution in [1.29, 1.82) is 0 Å². The number of methoxy groups -OCH3 is 1. The number of carbonyl (C=O) groups is 1. The van der Waals surface area contributed by atoms with Gasteiger partial charge in [-0.15, -0.1) is 0 Å². The lowest BCUT2D eigenvalue weighted by molar-refractivity contribution is -0.118. The Morgan fingerprint density at radius 3 is 2.76 bits per heavy atom. The zero-order valence-corrected chi connectivity index (χ0v) is 16.7. The van der Waals surface area contributed by atoms with Crippen LogP contribution in [0.4, 0.5) is 11.5 Å². The van der Waals surface area contributed by atoms with Gasteiger partial charge in [-0.3, -0.25) is 19.1 Å². The van der Waals surface area contributed by atoms with E-state index in [9.17, 15) is 9.59 Å². The first kappa shape index (κ1) is 17.8. The second kappa shape index (κ2) is 6.66. The highest BCUT2D eigenvalue weighted by Crippen LogP contribution is 2.46. The Balaban J connectivity index is 1.65. The predicted octanol–water partition coefficient (Wildman–Crippen LogP) is 3.38. The molecule has 2 aliphatic heterocycles. The fraction of sp³-hybridized carbons (Fsp3) is 0.238. The maximum Gasteiger partial charge on any atom is 0.308 e. The van der Waals surface area contributed by atoms with E-state index in [1.807, 2.05) is 36.4 Å². The van der Waals surface area contributed by atoms with Gasteiger partial charge in [0.15, 0.2) is 11.5 Å². The van der Waals surface area contributed by atoms with E-state index in [1.54, 1.807) is 25.1 Å². The average molecular weight is 410 g/mol. The number of aromatic nitrogens is 1. The van der Waals surface area contributed by atoms with Crippen molar-refractivity contribution in [3.8, 4) is 17.2 Å². The van der Waals surface area contributed by atoms with Crippen molar-refractivity contribution in [3.63, 3.8) is 0 Å². The van der Waals surface area contributed by atoms with Gasteiger partial charge in [0.05, 0.1) is 17.7 Å². The van der Waals surface area contributed by atoms with Crippen LogP contribution in [0.3, 0.4) is 0 Å². The summed E-state index contributed by atoms with van der Waals surface area (Å²) in [5, 5.41) is 0. The molecule has 1 unspecified atom stereocenters. The Labute approximate surface area is 170 Å². The van der Waals surface area contributed by atoms with Gasteiger partial charge in [0.25, 0.3) is 0 Å². The van der Waals surface area contributed by atoms with Crippen molar-refractivity contribution in [2.45, 2.75) is 12.3 Å². The summed E-state index contributed by atoms with van der Waals surface area (Å²) in [5.41, 5.74) is 1.60. The number of fused-ring (bicyclic) bond motifs is 2. The predicted molar refractivity (Wildman–Crippen MR) is 109 cm³/mol. The highest BCUT2D eigenvalue weighted by atomic mass is 32.1. The molecule has 7 nitrogen and oxygen atoms in total. The Bertz CT molecular complexity index is 1180. The summed E-state index contributed by atoms with van der Waals surface area (Å²) < 4.78 is 17.7. The number of hydrogen-bond acceptors (Lipinski definition) is 6. The Morgan fingerprint density at radius 1 is 1.10 bits per heavy atom. The van der Waals surface area contributed by atoms with E-state index in [2.05, 4.69) is 0 Å². The first-order valence-corrected chi connectivity index (χ1v) is 9.94. The van der Waals surface area contributed by atoms with Crippen molar-refractivity contribution < 1.29 is 19.0 Å². The van der Waals surface area contributed by atoms with Gasteiger partial charge in [0, 0.05) is 25.5 Å². The van der Waals surface area contributed by atoms with Gasteiger partial charge in [-0.1, -0.05) is 23.5 Å². The first-order valence-electron chi connectivity index (χ1n) is 9.13. The van der Waals surface area contributed by atoms with Crippen LogP contribution in [0, 0.1) is 0 Å². The van der Waals surface area contributed by atoms with Crippen LogP contribution in [0.1, 0.15) is 22.8 Å². The molecule has 5 rings (SSSR count). The van der Waals surface area contributed by atoms with E-state index < -0.39 is 0 Å². The Kier molecular flexibility index (Phi) is 4.09. The fourth-order valence-corrected chi connectivity index (χ4v) is 4.93. The van der Waals surface area contributed by atoms with Crippen molar-refractivity contribution in [2.24, 2.45) is 7.05 Å². The number of carbonyl (C=O) groups excluding carboxylic acids is 1. The molecular formula is C21H18N2O5S. The molecule has 0 aliphatic carbocycles. The number of thiazole rings is 1. The van der Waals surface area contributed by atoms with Crippen LogP contribution < -0.4 is 24.0 Å². The number of benzene rings is 2. The molecule has 1 aromatic heterocycles. The maximum absolute atomic E-state index is 13.3. The van der Waals surface area contributed by atoms with Crippen molar-refractivity contribution >= 4 is 28.7 Å². The van der Waals surface area contributed by atoms with Gasteiger partial charge in [-0.2, -0.15) is 0 Å². The van der Waals surface area contributed by atoms with E-state index in [1.165, 1.54) is 15.9 Å². The van der Waals surface area contributed by atoms with Crippen LogP contribution in [0.25, 0.3) is 0 Å². The number of hydrogen-bond donors (Lipinski definition) is 0. The maximum atomic E-state index is 13.3. The fourth-order valence-electron chi connectivity index (χ4n) is 3.84. The van der Waals surface area contributed by atoms with Crippen LogP contribution >= 0.6 is 11.3 Å². The molecule has 3 heterocycles. The molecule has 1 atom stereocenters. The molecule has 3 aromatic rings. The van der Waals surface area contributed by atoms with E-state index in [0.717, 1.165) is 10.4 Å². The van der Waals surface area contributed by atoms with Gasteiger partial charge in [-0.25, -0.2) is 0 Å². The quantitative estimate of drug-likeness (QED) is 0.662. The largest absolute Gasteiger partial charge is 0.497 e. The van der Waals surface area contributed by atoms with Crippen LogP contribution in [0.2, 0.25) is 0 Å². The molecule has 0 fully saturated rings. The molecule has 0 N–H and O–H groups in total. The van der Waals surface area contributed by atoms with Crippen LogP contribution in [0.5, 0.6) is 17.2 Å². The summed E-state index contributed by atoms with van der Waals surface area (Å²) in [7, 11) is 3.28. The first-order chi connectivity index (χ1) is 14.1. The number of anilines is 2. The second-order valence-corrected chi connectivity index (χ2v) is 7.91. The van der Waals surface area contributed by atoms with Crippen molar-refractivity contribution in [1.82, 2.24) is 4.57 Å². The summed E-state index contributed by atoms with van der Waals surface area (Å²) >= 11 is 1.17. The molecule has 1 amide bonds. The third-order valence-electron chi connectivity index (χ3n) is 5.28. The average Bonchev–Trinajstić information content (AvgIpc) is 3.32. The second-order valence-electron chi connectivity index (χ2n) is 6.91. The molecule has 0 saturated heterocycles. The van der Waals surface area contributed by atoms with Gasteiger partial charge in [-0.05, 0) is 29.8 Å². The minimum atomic E-state index is -0.215. The summed E-state index contributed by atoms with van der Waals surface area (Å²) in [6.07, 6.45) is 0.254. The molecule has 2 aliphatic rings. The summed E-state index contributed by atoms with van der Waals surface area (Å²) in [6.45, 7) is 0.190. The topological polar surface area (TPSA) is 70.0 Å². The Hall–Kier alpha value is -3.26. The number of ether oxygens (including phenoxy) is 3. The van der Waals surface area contributed by atoms with Crippen LogP contribution in [-0.2, 0) is 11.8 Å². The van der Waals surface area contributed by atoms with Gasteiger partial charge >= 0.3 is 4.87 Å². The molecule has 29 heavy (non-hydrogen) atoms. The molecule has 0 saturated carbocycles. The van der Waals surface area contributed by atoms with Gasteiger partial charge in [0.2, 0.25) is 12.7 Å². The third-order valence-corrected chi connectivity index (χ3v) is 6.41. The molecule has 0 spiro atoms. The summed E-state index contributed by atoms with van der Waals surface area (Å²) in [6, 6.07) is 13.0. The van der Waals surface area contributed by atoms with Crippen molar-refractivity contribution in [2.75, 3.05) is 18.8 Å². The molecule has 2 aromatic carbocycles. The van der Waals surface area contributed by atoms with Gasteiger partial charge in [0.1, 0.15) is 11.6 Å². The lowest BCUT2D eigenvalue weighted by Crippen LogP contribution is -2.34. The summed E-state index contributed by atoms with van der Waals surface area (Å²) in [4.78, 5) is 28.2. The molecule has 148 valence electrons. The van der Waals surface area contributed by atoms with E-state index >= 15 is 0 Å². The third kappa shape index (κ3) is 2.79. The number of nitrogens with zero attached hydrogens (tertiary/aromatic N) is 2. The minimum absolute atomic E-state index is 0.0816.